The van der Waals surface area contributed by atoms with E-state index in [1.165, 1.54) is 12.0 Å². The molecule has 4 rings (SSSR count). The van der Waals surface area contributed by atoms with Crippen LogP contribution in [-0.4, -0.2) is 15.9 Å². The minimum atomic E-state index is -0.379. The van der Waals surface area contributed by atoms with E-state index in [2.05, 4.69) is 33.8 Å². The van der Waals surface area contributed by atoms with Crippen LogP contribution in [0.4, 0.5) is 0 Å². The van der Waals surface area contributed by atoms with Crippen LogP contribution in [-0.2, 0) is 15.9 Å². The molecule has 1 aromatic carbocycles. The predicted molar refractivity (Wildman–Crippen MR) is 102 cm³/mol. The van der Waals surface area contributed by atoms with Gasteiger partial charge in [0.15, 0.2) is 11.7 Å². The molecule has 3 atom stereocenters. The molecule has 3 nitrogen and oxygen atoms in total. The van der Waals surface area contributed by atoms with Crippen molar-refractivity contribution in [3.05, 3.63) is 28.8 Å². The fourth-order valence-electron chi connectivity index (χ4n) is 5.55. The van der Waals surface area contributed by atoms with Gasteiger partial charge in [0.25, 0.3) is 0 Å². The molecule has 25 heavy (non-hydrogen) atoms. The van der Waals surface area contributed by atoms with E-state index in [4.69, 9.17) is 21.7 Å². The number of thiocarbonyl (C=S) groups is 1. The zero-order chi connectivity index (χ0) is 18.0. The zero-order valence-corrected chi connectivity index (χ0v) is 16.4. The molecule has 0 unspecified atom stereocenters. The second-order valence-corrected chi connectivity index (χ2v) is 9.34. The van der Waals surface area contributed by atoms with Gasteiger partial charge < -0.3 is 14.6 Å². The number of hydrogen-bond acceptors (Lipinski definition) is 4. The number of aromatic hydroxyl groups is 1. The Kier molecular flexibility index (Phi) is 3.84. The summed E-state index contributed by atoms with van der Waals surface area (Å²) >= 11 is 5.34. The molecule has 2 fully saturated rings. The third kappa shape index (κ3) is 2.48. The Morgan fingerprint density at radius 3 is 2.72 bits per heavy atom. The van der Waals surface area contributed by atoms with Crippen LogP contribution in [0, 0.1) is 11.3 Å². The molecule has 1 aliphatic heterocycles. The summed E-state index contributed by atoms with van der Waals surface area (Å²) in [6.45, 7) is 8.94. The van der Waals surface area contributed by atoms with Gasteiger partial charge in [-0.05, 0) is 60.6 Å². The van der Waals surface area contributed by atoms with E-state index in [0.29, 0.717) is 17.6 Å². The molecule has 2 aliphatic carbocycles. The molecule has 1 saturated carbocycles. The molecule has 3 aliphatic rings. The van der Waals surface area contributed by atoms with Crippen molar-refractivity contribution in [1.82, 2.24) is 0 Å². The Bertz CT molecular complexity index is 724. The molecule has 0 radical (unpaired) electrons. The van der Waals surface area contributed by atoms with Crippen molar-refractivity contribution in [1.29, 1.82) is 0 Å². The predicted octanol–water partition coefficient (Wildman–Crippen LogP) is 5.40. The van der Waals surface area contributed by atoms with Crippen molar-refractivity contribution in [3.63, 3.8) is 0 Å². The summed E-state index contributed by atoms with van der Waals surface area (Å²) in [6, 6.07) is 4.09. The number of phenolic OH excluding ortho intramolecular Hbond substituents is 1. The lowest BCUT2D eigenvalue weighted by atomic mass is 9.58. The van der Waals surface area contributed by atoms with E-state index >= 15 is 0 Å². The van der Waals surface area contributed by atoms with Crippen LogP contribution in [0.2, 0.25) is 0 Å². The van der Waals surface area contributed by atoms with E-state index in [1.54, 1.807) is 0 Å². The average molecular weight is 361 g/mol. The summed E-state index contributed by atoms with van der Waals surface area (Å²) in [5, 5.41) is 10.9. The van der Waals surface area contributed by atoms with Gasteiger partial charge >= 0.3 is 5.24 Å². The number of benzene rings is 1. The zero-order valence-electron chi connectivity index (χ0n) is 15.6. The third-order valence-corrected chi connectivity index (χ3v) is 6.93. The van der Waals surface area contributed by atoms with Gasteiger partial charge in [-0.1, -0.05) is 33.8 Å². The van der Waals surface area contributed by atoms with Gasteiger partial charge in [0.05, 0.1) is 0 Å². The van der Waals surface area contributed by atoms with Gasteiger partial charge in [-0.25, -0.2) is 0 Å². The smallest absolute Gasteiger partial charge is 0.353 e. The highest BCUT2D eigenvalue weighted by Gasteiger charge is 2.62. The first-order valence-electron chi connectivity index (χ1n) is 9.50. The fraction of sp³-hybridized carbons (Fsp3) is 0.667. The van der Waals surface area contributed by atoms with Crippen molar-refractivity contribution in [2.45, 2.75) is 77.4 Å². The van der Waals surface area contributed by atoms with Gasteiger partial charge in [0.2, 0.25) is 0 Å². The summed E-state index contributed by atoms with van der Waals surface area (Å²) in [4.78, 5) is 0. The minimum absolute atomic E-state index is 0.199. The van der Waals surface area contributed by atoms with Gasteiger partial charge in [-0.3, -0.25) is 0 Å². The first-order chi connectivity index (χ1) is 11.7. The molecule has 1 aromatic rings. The van der Waals surface area contributed by atoms with Gasteiger partial charge in [0.1, 0.15) is 5.75 Å². The van der Waals surface area contributed by atoms with Crippen molar-refractivity contribution in [2.75, 3.05) is 0 Å². The number of fused-ring (bicyclic) bond motifs is 2. The van der Waals surface area contributed by atoms with Crippen LogP contribution in [0.1, 0.15) is 82.1 Å². The molecule has 0 amide bonds. The average Bonchev–Trinajstić information content (AvgIpc) is 2.76. The topological polar surface area (TPSA) is 38.7 Å². The van der Waals surface area contributed by atoms with Crippen molar-refractivity contribution in [2.24, 2.45) is 11.3 Å². The fourth-order valence-corrected chi connectivity index (χ4v) is 5.80. The standard InChI is InChI=1S/C21H28O3S/c1-12(2)14-10-13-6-7-17-20(3,4)8-5-9-21(17)18(23-19(25)24-21)15(13)11-16(14)22/h10-12,17-18,22H,5-9H2,1-4H3/t17-,18-,21+/m0/s1. The highest BCUT2D eigenvalue weighted by Crippen LogP contribution is 2.60. The van der Waals surface area contributed by atoms with E-state index in [9.17, 15) is 5.11 Å². The van der Waals surface area contributed by atoms with Crippen LogP contribution >= 0.6 is 12.2 Å². The van der Waals surface area contributed by atoms with Crippen molar-refractivity contribution in [3.8, 4) is 5.75 Å². The van der Waals surface area contributed by atoms with E-state index in [1.807, 2.05) is 6.07 Å². The molecule has 4 heteroatoms. The highest BCUT2D eigenvalue weighted by molar-refractivity contribution is 7.79. The first kappa shape index (κ1) is 17.1. The van der Waals surface area contributed by atoms with Gasteiger partial charge in [-0.15, -0.1) is 0 Å². The van der Waals surface area contributed by atoms with Crippen LogP contribution in [0.5, 0.6) is 5.75 Å². The molecule has 1 heterocycles. The molecule has 0 aromatic heterocycles. The van der Waals surface area contributed by atoms with Crippen LogP contribution in [0.3, 0.4) is 0 Å². The van der Waals surface area contributed by atoms with E-state index in [0.717, 1.165) is 36.8 Å². The number of aryl methyl sites for hydroxylation is 1. The third-order valence-electron chi connectivity index (χ3n) is 6.75. The number of hydrogen-bond donors (Lipinski definition) is 1. The Hall–Kier alpha value is -1.29. The monoisotopic (exact) mass is 360 g/mol. The molecular weight excluding hydrogens is 332 g/mol. The van der Waals surface area contributed by atoms with E-state index in [-0.39, 0.29) is 22.4 Å². The van der Waals surface area contributed by atoms with Crippen molar-refractivity contribution < 1.29 is 14.6 Å². The Morgan fingerprint density at radius 1 is 1.24 bits per heavy atom. The van der Waals surface area contributed by atoms with Crippen LogP contribution < -0.4 is 0 Å². The van der Waals surface area contributed by atoms with E-state index < -0.39 is 0 Å². The maximum atomic E-state index is 10.6. The summed E-state index contributed by atoms with van der Waals surface area (Å²) in [5.74, 6) is 1.05. The normalized spacial score (nSPS) is 32.9. The first-order valence-corrected chi connectivity index (χ1v) is 9.91. The Morgan fingerprint density at radius 2 is 2.00 bits per heavy atom. The highest BCUT2D eigenvalue weighted by atomic mass is 32.1. The van der Waals surface area contributed by atoms with Crippen LogP contribution in [0.15, 0.2) is 12.1 Å². The minimum Gasteiger partial charge on any atom is -0.508 e. The van der Waals surface area contributed by atoms with Crippen molar-refractivity contribution >= 4 is 17.5 Å². The lowest BCUT2D eigenvalue weighted by Gasteiger charge is -2.49. The Balaban J connectivity index is 1.88. The second-order valence-electron chi connectivity index (χ2n) is 9.00. The maximum Gasteiger partial charge on any atom is 0.353 e. The molecule has 1 N–H and O–H groups in total. The van der Waals surface area contributed by atoms with Gasteiger partial charge in [0, 0.05) is 23.7 Å². The summed E-state index contributed by atoms with van der Waals surface area (Å²) in [5.41, 5.74) is 3.19. The maximum absolute atomic E-state index is 10.6. The second kappa shape index (κ2) is 5.60. The lowest BCUT2D eigenvalue weighted by molar-refractivity contribution is -0.103. The number of rotatable bonds is 1. The summed E-state index contributed by atoms with van der Waals surface area (Å²) in [7, 11) is 0. The van der Waals surface area contributed by atoms with Gasteiger partial charge in [-0.2, -0.15) is 0 Å². The number of phenols is 1. The summed E-state index contributed by atoms with van der Waals surface area (Å²) in [6.07, 6.45) is 5.18. The lowest BCUT2D eigenvalue weighted by Crippen LogP contribution is -2.51. The largest absolute Gasteiger partial charge is 0.508 e. The quantitative estimate of drug-likeness (QED) is 0.681. The molecule has 136 valence electrons. The molecule has 0 bridgehead atoms. The number of ether oxygens (including phenoxy) is 2. The molecule has 1 saturated heterocycles. The molecule has 1 spiro atoms. The summed E-state index contributed by atoms with van der Waals surface area (Å²) < 4.78 is 12.4. The Labute approximate surface area is 155 Å². The van der Waals surface area contributed by atoms with Crippen LogP contribution in [0.25, 0.3) is 0 Å². The SMILES string of the molecule is CC(C)c1cc2c(cc1O)[C@@H]1OC(=S)O[C@@]13CCCC(C)(C)[C@@H]3CC2. The molecular formula is C21H28O3S.